The Morgan fingerprint density at radius 1 is 0.957 bits per heavy atom. The summed E-state index contributed by atoms with van der Waals surface area (Å²) in [4.78, 5) is 25.2. The van der Waals surface area contributed by atoms with Crippen molar-refractivity contribution in [1.29, 1.82) is 0 Å². The van der Waals surface area contributed by atoms with Crippen LogP contribution < -0.4 is 19.5 Å². The second-order valence-corrected chi connectivity index (χ2v) is 11.4. The fourth-order valence-electron chi connectivity index (χ4n) is 4.78. The number of nitrogens with zero attached hydrogens (tertiary/aromatic N) is 4. The van der Waals surface area contributed by atoms with Gasteiger partial charge in [0, 0.05) is 23.4 Å². The Morgan fingerprint density at radius 2 is 1.70 bits per heavy atom. The highest BCUT2D eigenvalue weighted by Crippen LogP contribution is 2.42. The normalized spacial score (nSPS) is 11.8. The Labute approximate surface area is 267 Å². The number of ether oxygens (including phenoxy) is 4. The number of carbonyl (C=O) groups excluding carboxylic acids is 1. The molecule has 5 aromatic rings. The van der Waals surface area contributed by atoms with Gasteiger partial charge in [-0.3, -0.25) is 5.32 Å². The summed E-state index contributed by atoms with van der Waals surface area (Å²) in [5, 5.41) is 2.59. The highest BCUT2D eigenvalue weighted by Gasteiger charge is 2.31. The Balaban J connectivity index is 1.64. The third kappa shape index (κ3) is 7.71. The molecule has 0 radical (unpaired) electrons. The van der Waals surface area contributed by atoms with E-state index in [1.807, 2.05) is 30.3 Å². The monoisotopic (exact) mass is 653 g/mol. The first-order chi connectivity index (χ1) is 22.2. The van der Waals surface area contributed by atoms with Gasteiger partial charge < -0.3 is 23.5 Å². The van der Waals surface area contributed by atoms with Crippen molar-refractivity contribution in [3.63, 3.8) is 0 Å². The van der Waals surface area contributed by atoms with Crippen LogP contribution >= 0.6 is 0 Å². The van der Waals surface area contributed by atoms with Crippen LogP contribution in [0, 0.1) is 12.7 Å². The number of rotatable bonds is 9. The molecule has 0 aliphatic rings. The van der Waals surface area contributed by atoms with Gasteiger partial charge in [-0.15, -0.1) is 0 Å². The summed E-state index contributed by atoms with van der Waals surface area (Å²) in [6, 6.07) is 14.8. The molecule has 0 saturated carbocycles. The lowest BCUT2D eigenvalue weighted by Gasteiger charge is -2.20. The van der Waals surface area contributed by atoms with E-state index in [9.17, 15) is 18.0 Å². The van der Waals surface area contributed by atoms with Crippen molar-refractivity contribution >= 4 is 22.8 Å². The molecule has 0 fully saturated rings. The summed E-state index contributed by atoms with van der Waals surface area (Å²) in [5.74, 6) is -0.964. The van der Waals surface area contributed by atoms with Gasteiger partial charge in [0.15, 0.2) is 18.2 Å². The molecule has 3 aromatic heterocycles. The Kier molecular flexibility index (Phi) is 9.22. The number of halogens is 4. The lowest BCUT2D eigenvalue weighted by Crippen LogP contribution is -2.27. The minimum absolute atomic E-state index is 0.0367. The lowest BCUT2D eigenvalue weighted by molar-refractivity contribution is -0.153. The van der Waals surface area contributed by atoms with Gasteiger partial charge in [-0.25, -0.2) is 19.2 Å². The molecular weight excluding hydrogens is 622 g/mol. The molecule has 1 amide bonds. The number of amides is 1. The van der Waals surface area contributed by atoms with Gasteiger partial charge in [0.25, 0.3) is 0 Å². The molecule has 0 aliphatic carbocycles. The number of pyridine rings is 1. The van der Waals surface area contributed by atoms with E-state index >= 15 is 4.39 Å². The number of aromatic nitrogens is 4. The highest BCUT2D eigenvalue weighted by molar-refractivity contribution is 5.94. The summed E-state index contributed by atoms with van der Waals surface area (Å²) in [6.45, 7) is 5.33. The van der Waals surface area contributed by atoms with Crippen molar-refractivity contribution in [1.82, 2.24) is 19.5 Å². The number of methoxy groups -OCH3 is 1. The van der Waals surface area contributed by atoms with Crippen molar-refractivity contribution in [2.24, 2.45) is 0 Å². The summed E-state index contributed by atoms with van der Waals surface area (Å²) in [6.07, 6.45) is -2.93. The minimum Gasteiger partial charge on any atom is -0.494 e. The SMILES string of the molecule is COc1cc(NC(=O)OC(C)(C)C)cnc1-c1c(C)c2ncnc(OCC(F)(F)F)c2n1-c1ccc(OCc2ccccc2)c(F)c1. The van der Waals surface area contributed by atoms with Crippen LogP contribution in [0.3, 0.4) is 0 Å². The lowest BCUT2D eigenvalue weighted by atomic mass is 10.1. The molecule has 2 aromatic carbocycles. The zero-order valence-electron chi connectivity index (χ0n) is 26.1. The fraction of sp³-hybridized carbons (Fsp3) is 0.273. The molecule has 0 aliphatic heterocycles. The molecule has 0 spiro atoms. The molecule has 5 rings (SSSR count). The number of hydrogen-bond donors (Lipinski definition) is 1. The van der Waals surface area contributed by atoms with Gasteiger partial charge in [0.1, 0.15) is 35.5 Å². The van der Waals surface area contributed by atoms with Crippen LogP contribution in [0.15, 0.2) is 67.1 Å². The van der Waals surface area contributed by atoms with Crippen LogP contribution in [-0.4, -0.2) is 51.1 Å². The van der Waals surface area contributed by atoms with Gasteiger partial charge in [-0.1, -0.05) is 30.3 Å². The number of carbonyl (C=O) groups is 1. The van der Waals surface area contributed by atoms with Gasteiger partial charge in [0.2, 0.25) is 5.88 Å². The molecule has 246 valence electrons. The predicted molar refractivity (Wildman–Crippen MR) is 166 cm³/mol. The highest BCUT2D eigenvalue weighted by atomic mass is 19.4. The van der Waals surface area contributed by atoms with Crippen molar-refractivity contribution in [2.45, 2.75) is 46.1 Å². The average molecular weight is 654 g/mol. The Bertz CT molecular complexity index is 1910. The Morgan fingerprint density at radius 3 is 2.36 bits per heavy atom. The maximum atomic E-state index is 15.6. The van der Waals surface area contributed by atoms with E-state index in [2.05, 4.69) is 20.3 Å². The Hall–Kier alpha value is -5.40. The molecule has 0 atom stereocenters. The van der Waals surface area contributed by atoms with Crippen molar-refractivity contribution < 1.29 is 41.3 Å². The zero-order chi connectivity index (χ0) is 33.9. The van der Waals surface area contributed by atoms with Crippen LogP contribution in [-0.2, 0) is 11.3 Å². The maximum absolute atomic E-state index is 15.6. The predicted octanol–water partition coefficient (Wildman–Crippen LogP) is 7.81. The maximum Gasteiger partial charge on any atom is 0.422 e. The van der Waals surface area contributed by atoms with Gasteiger partial charge in [-0.05, 0) is 45.4 Å². The average Bonchev–Trinajstić information content (AvgIpc) is 3.31. The first-order valence-corrected chi connectivity index (χ1v) is 14.3. The van der Waals surface area contributed by atoms with E-state index in [4.69, 9.17) is 18.9 Å². The summed E-state index contributed by atoms with van der Waals surface area (Å²) in [5.41, 5.74) is 1.77. The van der Waals surface area contributed by atoms with Gasteiger partial charge >= 0.3 is 12.3 Å². The second-order valence-electron chi connectivity index (χ2n) is 11.4. The number of hydrogen-bond acceptors (Lipinski definition) is 8. The van der Waals surface area contributed by atoms with Gasteiger partial charge in [0.05, 0.1) is 30.2 Å². The van der Waals surface area contributed by atoms with Crippen molar-refractivity contribution in [3.8, 4) is 34.5 Å². The van der Waals surface area contributed by atoms with Gasteiger partial charge in [-0.2, -0.15) is 18.2 Å². The van der Waals surface area contributed by atoms with Crippen LogP contribution in [0.4, 0.5) is 28.0 Å². The molecular formula is C33H31F4N5O5. The molecule has 14 heteroatoms. The van der Waals surface area contributed by atoms with Crippen molar-refractivity contribution in [3.05, 3.63) is 84.1 Å². The standard InChI is InChI=1S/C33H31F4N5O5/c1-19-26-29(30(40-18-39-26)46-17-33(35,36)37)42(22-11-12-24(23(34)14-22)45-16-20-9-7-6-8-10-20)28(19)27-25(44-5)13-21(15-38-27)41-31(43)47-32(2,3)4/h6-15,18H,16-17H2,1-5H3,(H,41,43). The largest absolute Gasteiger partial charge is 0.494 e. The number of anilines is 1. The topological polar surface area (TPSA) is 110 Å². The van der Waals surface area contributed by atoms with E-state index in [0.29, 0.717) is 11.3 Å². The third-order valence-electron chi connectivity index (χ3n) is 6.67. The zero-order valence-corrected chi connectivity index (χ0v) is 26.1. The number of benzene rings is 2. The van der Waals surface area contributed by atoms with Crippen LogP contribution in [0.2, 0.25) is 0 Å². The number of nitrogens with one attached hydrogen (secondary N) is 1. The molecule has 10 nitrogen and oxygen atoms in total. The number of aryl methyl sites for hydroxylation is 1. The van der Waals surface area contributed by atoms with E-state index in [1.165, 1.54) is 42.1 Å². The quantitative estimate of drug-likeness (QED) is 0.161. The molecule has 0 bridgehead atoms. The molecule has 0 saturated heterocycles. The second kappa shape index (κ2) is 13.1. The van der Waals surface area contributed by atoms with Crippen LogP contribution in [0.25, 0.3) is 28.1 Å². The molecule has 3 heterocycles. The van der Waals surface area contributed by atoms with Crippen molar-refractivity contribution in [2.75, 3.05) is 19.0 Å². The summed E-state index contributed by atoms with van der Waals surface area (Å²) >= 11 is 0. The fourth-order valence-corrected chi connectivity index (χ4v) is 4.78. The molecule has 1 N–H and O–H groups in total. The smallest absolute Gasteiger partial charge is 0.422 e. The third-order valence-corrected chi connectivity index (χ3v) is 6.67. The first-order valence-electron chi connectivity index (χ1n) is 14.3. The first kappa shape index (κ1) is 33.0. The van der Waals surface area contributed by atoms with E-state index in [0.717, 1.165) is 11.9 Å². The summed E-state index contributed by atoms with van der Waals surface area (Å²) in [7, 11) is 1.39. The minimum atomic E-state index is -4.65. The summed E-state index contributed by atoms with van der Waals surface area (Å²) < 4.78 is 78.4. The number of alkyl halides is 3. The van der Waals surface area contributed by atoms with E-state index in [-0.39, 0.29) is 52.1 Å². The molecule has 0 unspecified atom stereocenters. The van der Waals surface area contributed by atoms with Crippen LogP contribution in [0.5, 0.6) is 17.4 Å². The van der Waals surface area contributed by atoms with E-state index in [1.54, 1.807) is 27.7 Å². The number of fused-ring (bicyclic) bond motifs is 1. The molecule has 47 heavy (non-hydrogen) atoms. The van der Waals surface area contributed by atoms with Crippen LogP contribution in [0.1, 0.15) is 31.9 Å². The van der Waals surface area contributed by atoms with E-state index < -0.39 is 30.3 Å².